The number of aromatic nitrogens is 2. The van der Waals surface area contributed by atoms with Gasteiger partial charge in [-0.25, -0.2) is 4.98 Å². The fourth-order valence-corrected chi connectivity index (χ4v) is 4.45. The van der Waals surface area contributed by atoms with Crippen molar-refractivity contribution < 1.29 is 14.4 Å². The highest BCUT2D eigenvalue weighted by Crippen LogP contribution is 2.30. The highest BCUT2D eigenvalue weighted by Gasteiger charge is 2.30. The van der Waals surface area contributed by atoms with Crippen molar-refractivity contribution in [1.29, 1.82) is 0 Å². The van der Waals surface area contributed by atoms with Gasteiger partial charge in [0.1, 0.15) is 0 Å². The number of piperidine rings is 1. The first kappa shape index (κ1) is 18.5. The van der Waals surface area contributed by atoms with Crippen molar-refractivity contribution in [2.45, 2.75) is 58.0 Å². The van der Waals surface area contributed by atoms with Crippen molar-refractivity contribution in [1.82, 2.24) is 14.9 Å². The highest BCUT2D eigenvalue weighted by molar-refractivity contribution is 7.59. The minimum Gasteiger partial charge on any atom is -0.320 e. The van der Waals surface area contributed by atoms with E-state index in [2.05, 4.69) is 17.2 Å². The molecule has 1 aromatic rings. The molecule has 1 unspecified atom stereocenters. The molecule has 0 spiro atoms. The van der Waals surface area contributed by atoms with E-state index in [4.69, 9.17) is 0 Å². The first-order valence-corrected chi connectivity index (χ1v) is 10.6. The molecule has 2 heterocycles. The molecule has 0 amide bonds. The van der Waals surface area contributed by atoms with E-state index in [-0.39, 0.29) is 12.0 Å². The molecule has 3 atom stereocenters. The zero-order valence-electron chi connectivity index (χ0n) is 14.7. The molecule has 3 rings (SSSR count). The lowest BCUT2D eigenvalue weighted by molar-refractivity contribution is 0.280. The first-order chi connectivity index (χ1) is 11.8. The molecule has 1 fully saturated rings. The van der Waals surface area contributed by atoms with Crippen LogP contribution in [-0.2, 0) is 4.57 Å². The Kier molecular flexibility index (Phi) is 5.30. The molecule has 3 N–H and O–H groups in total. The number of nitrogens with zero attached hydrogens (tertiary/aromatic N) is 2. The minimum absolute atomic E-state index is 0.0644. The largest absolute Gasteiger partial charge is 0.380 e. The Morgan fingerprint density at radius 3 is 2.88 bits per heavy atom. The normalized spacial score (nSPS) is 26.5. The number of fused-ring (bicyclic) bond motifs is 1. The highest BCUT2D eigenvalue weighted by atomic mass is 31.2. The molecule has 0 bridgehead atoms. The van der Waals surface area contributed by atoms with Gasteiger partial charge in [-0.1, -0.05) is 32.4 Å². The lowest BCUT2D eigenvalue weighted by Gasteiger charge is -2.32. The van der Waals surface area contributed by atoms with Gasteiger partial charge < -0.3 is 19.7 Å². The third-order valence-corrected chi connectivity index (χ3v) is 5.87. The van der Waals surface area contributed by atoms with Gasteiger partial charge in [0.2, 0.25) is 5.44 Å². The van der Waals surface area contributed by atoms with Gasteiger partial charge in [0.15, 0.2) is 0 Å². The van der Waals surface area contributed by atoms with E-state index >= 15 is 0 Å². The number of hydrogen-bond acceptors (Lipinski definition) is 4. The van der Waals surface area contributed by atoms with Crippen LogP contribution < -0.4 is 27.0 Å². The second-order valence-corrected chi connectivity index (χ2v) is 8.64. The van der Waals surface area contributed by atoms with Gasteiger partial charge >= 0.3 is 7.60 Å². The molecule has 25 heavy (non-hydrogen) atoms. The maximum Gasteiger partial charge on any atom is 0.380 e. The summed E-state index contributed by atoms with van der Waals surface area (Å²) in [5, 5.41) is 4.70. The number of hydrogen-bond donors (Lipinski definition) is 3. The van der Waals surface area contributed by atoms with Crippen molar-refractivity contribution in [2.75, 3.05) is 6.54 Å². The Morgan fingerprint density at radius 2 is 2.20 bits per heavy atom. The summed E-state index contributed by atoms with van der Waals surface area (Å²) in [4.78, 5) is 36.1. The lowest BCUT2D eigenvalue weighted by atomic mass is 9.95. The molecular formula is C17H26N3O4P. The summed E-state index contributed by atoms with van der Waals surface area (Å²) >= 11 is 0. The predicted octanol–water partition coefficient (Wildman–Crippen LogP) is -0.260. The van der Waals surface area contributed by atoms with Gasteiger partial charge in [0.05, 0.1) is 10.7 Å². The average Bonchev–Trinajstić information content (AvgIpc) is 2.54. The van der Waals surface area contributed by atoms with E-state index in [9.17, 15) is 19.1 Å². The molecule has 1 aromatic heterocycles. The second-order valence-electron chi connectivity index (χ2n) is 7.13. The van der Waals surface area contributed by atoms with Gasteiger partial charge in [0.25, 0.3) is 5.56 Å². The van der Waals surface area contributed by atoms with Crippen molar-refractivity contribution in [3.8, 4) is 0 Å². The van der Waals surface area contributed by atoms with E-state index in [0.29, 0.717) is 16.7 Å². The van der Waals surface area contributed by atoms with Crippen LogP contribution in [0.4, 0.5) is 0 Å². The molecule has 0 saturated carbocycles. The van der Waals surface area contributed by atoms with Gasteiger partial charge in [-0.2, -0.15) is 0 Å². The monoisotopic (exact) mass is 367 g/mol. The molecule has 0 radical (unpaired) electrons. The van der Waals surface area contributed by atoms with E-state index in [1.165, 1.54) is 0 Å². The molecule has 138 valence electrons. The van der Waals surface area contributed by atoms with Gasteiger partial charge in [-0.05, 0) is 38.1 Å². The third-order valence-electron chi connectivity index (χ3n) is 5.03. The average molecular weight is 367 g/mol. The third kappa shape index (κ3) is 3.80. The molecule has 2 aliphatic rings. The molecule has 1 aliphatic heterocycles. The molecule has 1 aliphatic carbocycles. The second kappa shape index (κ2) is 7.16. The fourth-order valence-electron chi connectivity index (χ4n) is 3.86. The van der Waals surface area contributed by atoms with Crippen LogP contribution in [0, 0.1) is 5.92 Å². The van der Waals surface area contributed by atoms with Crippen LogP contribution in [0.25, 0.3) is 12.2 Å². The predicted molar refractivity (Wildman–Crippen MR) is 97.1 cm³/mol. The summed E-state index contributed by atoms with van der Waals surface area (Å²) in [6, 6.07) is 0.259. The smallest absolute Gasteiger partial charge is 0.320 e. The molecule has 1 saturated heterocycles. The van der Waals surface area contributed by atoms with Crippen LogP contribution in [0.1, 0.15) is 52.0 Å². The van der Waals surface area contributed by atoms with Crippen LogP contribution in [0.15, 0.2) is 4.79 Å². The SMILES string of the molecule is CCC[C@H]1C[C@@H](n2c(=O)c(P(=O)(O)O)nc3c2=CCC(C)C=3)CCN1. The zero-order chi connectivity index (χ0) is 18.2. The Hall–Kier alpha value is -1.27. The molecule has 8 heteroatoms. The molecular weight excluding hydrogens is 341 g/mol. The van der Waals surface area contributed by atoms with Crippen molar-refractivity contribution in [2.24, 2.45) is 5.92 Å². The Bertz CT molecular complexity index is 871. The maximum atomic E-state index is 12.9. The van der Waals surface area contributed by atoms with E-state index in [0.717, 1.165) is 38.6 Å². The van der Waals surface area contributed by atoms with Crippen LogP contribution in [0.5, 0.6) is 0 Å². The van der Waals surface area contributed by atoms with Crippen LogP contribution in [-0.4, -0.2) is 31.9 Å². The summed E-state index contributed by atoms with van der Waals surface area (Å²) in [5.74, 6) is 0.233. The minimum atomic E-state index is -4.72. The Balaban J connectivity index is 2.19. The topological polar surface area (TPSA) is 104 Å². The van der Waals surface area contributed by atoms with E-state index < -0.39 is 18.6 Å². The summed E-state index contributed by atoms with van der Waals surface area (Å²) in [7, 11) is -4.72. The summed E-state index contributed by atoms with van der Waals surface area (Å²) in [6.07, 6.45) is 8.31. The summed E-state index contributed by atoms with van der Waals surface area (Å²) in [5.41, 5.74) is -1.27. The standard InChI is InChI=1S/C17H26N3O4P/c1-3-4-12-10-13(7-8-18-12)20-15-6-5-11(2)9-14(15)19-16(17(20)21)25(22,23)24/h6,9,11-13,18H,3-5,7-8,10H2,1-2H3,(H2,22,23,24)/t11?,12-,13-/m0/s1. The van der Waals surface area contributed by atoms with Crippen molar-refractivity contribution >= 4 is 25.2 Å². The maximum absolute atomic E-state index is 12.9. The van der Waals surface area contributed by atoms with Gasteiger partial charge in [0, 0.05) is 12.1 Å². The summed E-state index contributed by atoms with van der Waals surface area (Å²) in [6.45, 7) is 4.95. The van der Waals surface area contributed by atoms with E-state index in [1.54, 1.807) is 4.57 Å². The number of nitrogens with one attached hydrogen (secondary N) is 1. The zero-order valence-corrected chi connectivity index (χ0v) is 15.6. The lowest BCUT2D eigenvalue weighted by Crippen LogP contribution is -2.56. The summed E-state index contributed by atoms with van der Waals surface area (Å²) < 4.78 is 13.4. The Morgan fingerprint density at radius 1 is 1.44 bits per heavy atom. The molecule has 0 aromatic carbocycles. The fraction of sp³-hybridized carbons (Fsp3) is 0.647. The van der Waals surface area contributed by atoms with Crippen LogP contribution in [0.3, 0.4) is 0 Å². The Labute approximate surface area is 146 Å². The van der Waals surface area contributed by atoms with Gasteiger partial charge in [-0.15, -0.1) is 0 Å². The van der Waals surface area contributed by atoms with Crippen LogP contribution >= 0.6 is 7.60 Å². The number of rotatable bonds is 4. The van der Waals surface area contributed by atoms with Gasteiger partial charge in [-0.3, -0.25) is 9.36 Å². The van der Waals surface area contributed by atoms with Crippen LogP contribution in [0.2, 0.25) is 0 Å². The van der Waals surface area contributed by atoms with E-state index in [1.807, 2.05) is 19.1 Å². The van der Waals surface area contributed by atoms with Crippen molar-refractivity contribution in [3.05, 3.63) is 21.1 Å². The molecule has 7 nitrogen and oxygen atoms in total. The van der Waals surface area contributed by atoms with Crippen molar-refractivity contribution in [3.63, 3.8) is 0 Å². The first-order valence-electron chi connectivity index (χ1n) is 8.95. The quantitative estimate of drug-likeness (QED) is 0.634.